The largest absolute Gasteiger partial charge is 0.385 e. The SMILES string of the molecule is NS(=O)(=O)Nc1cccc2c1CCCN2. The summed E-state index contributed by atoms with van der Waals surface area (Å²) >= 11 is 0. The van der Waals surface area contributed by atoms with E-state index < -0.39 is 10.2 Å². The topological polar surface area (TPSA) is 84.2 Å². The minimum Gasteiger partial charge on any atom is -0.385 e. The molecule has 0 radical (unpaired) electrons. The van der Waals surface area contributed by atoms with E-state index in [9.17, 15) is 8.42 Å². The van der Waals surface area contributed by atoms with Crippen molar-refractivity contribution >= 4 is 21.6 Å². The molecule has 0 saturated heterocycles. The number of anilines is 2. The summed E-state index contributed by atoms with van der Waals surface area (Å²) in [5.74, 6) is 0. The van der Waals surface area contributed by atoms with Gasteiger partial charge in [-0.2, -0.15) is 8.42 Å². The van der Waals surface area contributed by atoms with Gasteiger partial charge in [-0.3, -0.25) is 4.72 Å². The van der Waals surface area contributed by atoms with E-state index in [0.29, 0.717) is 5.69 Å². The number of nitrogens with one attached hydrogen (secondary N) is 2. The number of benzene rings is 1. The van der Waals surface area contributed by atoms with Gasteiger partial charge in [0.15, 0.2) is 0 Å². The van der Waals surface area contributed by atoms with Gasteiger partial charge in [-0.05, 0) is 30.5 Å². The maximum Gasteiger partial charge on any atom is 0.296 e. The smallest absolute Gasteiger partial charge is 0.296 e. The molecule has 4 N–H and O–H groups in total. The van der Waals surface area contributed by atoms with E-state index in [-0.39, 0.29) is 0 Å². The van der Waals surface area contributed by atoms with Gasteiger partial charge in [0.25, 0.3) is 10.2 Å². The second-order valence-electron chi connectivity index (χ2n) is 3.51. The summed E-state index contributed by atoms with van der Waals surface area (Å²) < 4.78 is 24.2. The summed E-state index contributed by atoms with van der Waals surface area (Å²) in [6, 6.07) is 5.45. The number of hydrogen-bond acceptors (Lipinski definition) is 3. The van der Waals surface area contributed by atoms with E-state index in [1.54, 1.807) is 12.1 Å². The van der Waals surface area contributed by atoms with Crippen molar-refractivity contribution in [3.05, 3.63) is 23.8 Å². The van der Waals surface area contributed by atoms with Crippen LogP contribution in [0.5, 0.6) is 0 Å². The van der Waals surface area contributed by atoms with Crippen molar-refractivity contribution in [1.82, 2.24) is 0 Å². The second-order valence-corrected chi connectivity index (χ2v) is 4.80. The molecule has 1 heterocycles. The molecule has 2 rings (SSSR count). The third-order valence-electron chi connectivity index (χ3n) is 2.35. The maximum atomic E-state index is 10.9. The molecule has 0 bridgehead atoms. The lowest BCUT2D eigenvalue weighted by molar-refractivity contribution is 0.603. The number of rotatable bonds is 2. The Labute approximate surface area is 88.9 Å². The van der Waals surface area contributed by atoms with Gasteiger partial charge in [0, 0.05) is 12.2 Å². The van der Waals surface area contributed by atoms with Crippen molar-refractivity contribution in [3.8, 4) is 0 Å². The first kappa shape index (κ1) is 10.3. The van der Waals surface area contributed by atoms with Crippen molar-refractivity contribution in [2.24, 2.45) is 5.14 Å². The van der Waals surface area contributed by atoms with Crippen LogP contribution in [0.4, 0.5) is 11.4 Å². The van der Waals surface area contributed by atoms with Gasteiger partial charge >= 0.3 is 0 Å². The van der Waals surface area contributed by atoms with E-state index in [1.165, 1.54) is 0 Å². The van der Waals surface area contributed by atoms with Crippen molar-refractivity contribution in [3.63, 3.8) is 0 Å². The fourth-order valence-electron chi connectivity index (χ4n) is 1.76. The Morgan fingerprint density at radius 1 is 1.40 bits per heavy atom. The van der Waals surface area contributed by atoms with Crippen molar-refractivity contribution in [2.45, 2.75) is 12.8 Å². The van der Waals surface area contributed by atoms with Crippen LogP contribution in [0.25, 0.3) is 0 Å². The van der Waals surface area contributed by atoms with E-state index in [4.69, 9.17) is 5.14 Å². The lowest BCUT2D eigenvalue weighted by Gasteiger charge is -2.20. The predicted octanol–water partition coefficient (Wildman–Crippen LogP) is 0.660. The normalized spacial score (nSPS) is 15.3. The van der Waals surface area contributed by atoms with Crippen LogP contribution in [-0.4, -0.2) is 15.0 Å². The zero-order valence-electron chi connectivity index (χ0n) is 8.16. The molecule has 1 aromatic carbocycles. The fourth-order valence-corrected chi connectivity index (χ4v) is 2.26. The molecule has 5 nitrogen and oxygen atoms in total. The standard InChI is InChI=1S/C9H13N3O2S/c10-15(13,14)12-9-5-1-4-8-7(9)3-2-6-11-8/h1,4-5,11-12H,2-3,6H2,(H2,10,13,14). The molecule has 6 heteroatoms. The molecule has 0 atom stereocenters. The molecule has 1 aliphatic rings. The quantitative estimate of drug-likeness (QED) is 0.694. The summed E-state index contributed by atoms with van der Waals surface area (Å²) in [5, 5.41) is 8.15. The second kappa shape index (κ2) is 3.71. The predicted molar refractivity (Wildman–Crippen MR) is 60.0 cm³/mol. The number of nitrogens with two attached hydrogens (primary N) is 1. The van der Waals surface area contributed by atoms with Crippen LogP contribution in [0, 0.1) is 0 Å². The maximum absolute atomic E-state index is 10.9. The highest BCUT2D eigenvalue weighted by atomic mass is 32.2. The molecule has 0 amide bonds. The van der Waals surface area contributed by atoms with Gasteiger partial charge in [-0.25, -0.2) is 5.14 Å². The van der Waals surface area contributed by atoms with Gasteiger partial charge in [0.2, 0.25) is 0 Å². The van der Waals surface area contributed by atoms with E-state index >= 15 is 0 Å². The van der Waals surface area contributed by atoms with Crippen LogP contribution >= 0.6 is 0 Å². The molecule has 1 aromatic rings. The van der Waals surface area contributed by atoms with Crippen molar-refractivity contribution < 1.29 is 8.42 Å². The average Bonchev–Trinajstić information content (AvgIpc) is 2.16. The first-order valence-corrected chi connectivity index (χ1v) is 6.27. The Morgan fingerprint density at radius 2 is 2.20 bits per heavy atom. The van der Waals surface area contributed by atoms with Gasteiger partial charge in [0.1, 0.15) is 0 Å². The molecule has 0 fully saturated rings. The van der Waals surface area contributed by atoms with Crippen LogP contribution in [0.1, 0.15) is 12.0 Å². The highest BCUT2D eigenvalue weighted by Crippen LogP contribution is 2.28. The zero-order chi connectivity index (χ0) is 10.9. The van der Waals surface area contributed by atoms with Crippen LogP contribution < -0.4 is 15.2 Å². The summed E-state index contributed by atoms with van der Waals surface area (Å²) in [4.78, 5) is 0. The zero-order valence-corrected chi connectivity index (χ0v) is 8.97. The number of fused-ring (bicyclic) bond motifs is 1. The van der Waals surface area contributed by atoms with Gasteiger partial charge in [-0.15, -0.1) is 0 Å². The van der Waals surface area contributed by atoms with Crippen LogP contribution in [0.2, 0.25) is 0 Å². The lowest BCUT2D eigenvalue weighted by Crippen LogP contribution is -2.23. The van der Waals surface area contributed by atoms with Crippen LogP contribution in [0.3, 0.4) is 0 Å². The first-order chi connectivity index (χ1) is 7.06. The average molecular weight is 227 g/mol. The Morgan fingerprint density at radius 3 is 2.93 bits per heavy atom. The molecule has 1 aliphatic heterocycles. The molecule has 0 unspecified atom stereocenters. The summed E-state index contributed by atoms with van der Waals surface area (Å²) in [6.07, 6.45) is 1.86. The third-order valence-corrected chi connectivity index (χ3v) is 2.85. The minimum absolute atomic E-state index is 0.571. The molecule has 15 heavy (non-hydrogen) atoms. The lowest BCUT2D eigenvalue weighted by atomic mass is 10.0. The van der Waals surface area contributed by atoms with E-state index in [2.05, 4.69) is 10.0 Å². The Bertz CT molecular complexity index is 470. The molecule has 0 saturated carbocycles. The van der Waals surface area contributed by atoms with Gasteiger partial charge in [0.05, 0.1) is 5.69 Å². The fraction of sp³-hybridized carbons (Fsp3) is 0.333. The molecular weight excluding hydrogens is 214 g/mol. The highest BCUT2D eigenvalue weighted by molar-refractivity contribution is 7.90. The van der Waals surface area contributed by atoms with E-state index in [1.807, 2.05) is 6.07 Å². The summed E-state index contributed by atoms with van der Waals surface area (Å²) in [5.41, 5.74) is 2.54. The van der Waals surface area contributed by atoms with Crippen LogP contribution in [0.15, 0.2) is 18.2 Å². The van der Waals surface area contributed by atoms with Crippen molar-refractivity contribution in [1.29, 1.82) is 0 Å². The van der Waals surface area contributed by atoms with Crippen LogP contribution in [-0.2, 0) is 16.6 Å². The Balaban J connectivity index is 2.39. The molecule has 0 aromatic heterocycles. The number of hydrogen-bond donors (Lipinski definition) is 3. The summed E-state index contributed by atoms with van der Waals surface area (Å²) in [7, 11) is -3.69. The summed E-state index contributed by atoms with van der Waals surface area (Å²) in [6.45, 7) is 0.922. The highest BCUT2D eigenvalue weighted by Gasteiger charge is 2.14. The van der Waals surface area contributed by atoms with Crippen molar-refractivity contribution in [2.75, 3.05) is 16.6 Å². The van der Waals surface area contributed by atoms with Gasteiger partial charge in [-0.1, -0.05) is 6.07 Å². The Kier molecular flexibility index (Phi) is 2.54. The molecule has 82 valence electrons. The first-order valence-electron chi connectivity index (χ1n) is 4.72. The molecule has 0 spiro atoms. The Hall–Kier alpha value is -1.27. The van der Waals surface area contributed by atoms with E-state index in [0.717, 1.165) is 30.6 Å². The van der Waals surface area contributed by atoms with Gasteiger partial charge < -0.3 is 5.32 Å². The minimum atomic E-state index is -3.69. The third kappa shape index (κ3) is 2.40. The monoisotopic (exact) mass is 227 g/mol. The molecule has 0 aliphatic carbocycles. The molecular formula is C9H13N3O2S.